The van der Waals surface area contributed by atoms with Gasteiger partial charge in [-0.1, -0.05) is 0 Å². The van der Waals surface area contributed by atoms with Crippen LogP contribution >= 0.6 is 0 Å². The van der Waals surface area contributed by atoms with Crippen LogP contribution in [0.2, 0.25) is 0 Å². The highest BCUT2D eigenvalue weighted by atomic mass is 16.5. The van der Waals surface area contributed by atoms with E-state index in [0.717, 1.165) is 13.0 Å². The number of methoxy groups -OCH3 is 1. The average molecular weight is 309 g/mol. The lowest BCUT2D eigenvalue weighted by molar-refractivity contribution is -0.122. The molecule has 0 aliphatic rings. The highest BCUT2D eigenvalue weighted by Gasteiger charge is 2.11. The molecule has 0 bridgehead atoms. The van der Waals surface area contributed by atoms with Gasteiger partial charge in [0, 0.05) is 19.2 Å². The van der Waals surface area contributed by atoms with E-state index in [1.807, 2.05) is 7.05 Å². The van der Waals surface area contributed by atoms with E-state index in [0.29, 0.717) is 23.6 Å². The van der Waals surface area contributed by atoms with Crippen LogP contribution in [0.3, 0.4) is 0 Å². The quantitative estimate of drug-likeness (QED) is 0.566. The van der Waals surface area contributed by atoms with Crippen molar-refractivity contribution in [2.24, 2.45) is 0 Å². The molecule has 0 aliphatic heterocycles. The zero-order valence-electron chi connectivity index (χ0n) is 13.2. The minimum atomic E-state index is -0.242. The van der Waals surface area contributed by atoms with E-state index in [-0.39, 0.29) is 18.4 Å². The second-order valence-corrected chi connectivity index (χ2v) is 4.54. The van der Waals surface area contributed by atoms with Gasteiger partial charge in [-0.25, -0.2) is 0 Å². The molecule has 0 radical (unpaired) electrons. The van der Waals surface area contributed by atoms with Gasteiger partial charge in [-0.05, 0) is 38.2 Å². The number of carbonyl (C=O) groups excluding carboxylic acids is 2. The van der Waals surface area contributed by atoms with E-state index < -0.39 is 0 Å². The normalized spacial score (nSPS) is 9.95. The smallest absolute Gasteiger partial charge is 0.257 e. The van der Waals surface area contributed by atoms with Gasteiger partial charge in [-0.2, -0.15) is 0 Å². The number of hydrogen-bond acceptors (Lipinski definition) is 5. The number of carbonyl (C=O) groups is 2. The molecule has 0 aromatic heterocycles. The van der Waals surface area contributed by atoms with Gasteiger partial charge in [0.25, 0.3) is 11.8 Å². The molecule has 3 N–H and O–H groups in total. The van der Waals surface area contributed by atoms with Crippen molar-refractivity contribution in [2.45, 2.75) is 6.42 Å². The molecule has 122 valence electrons. The van der Waals surface area contributed by atoms with Gasteiger partial charge in [0.05, 0.1) is 7.11 Å². The van der Waals surface area contributed by atoms with Gasteiger partial charge < -0.3 is 25.4 Å². The zero-order valence-corrected chi connectivity index (χ0v) is 13.2. The predicted molar refractivity (Wildman–Crippen MR) is 83.4 cm³/mol. The van der Waals surface area contributed by atoms with Crippen molar-refractivity contribution in [3.63, 3.8) is 0 Å². The van der Waals surface area contributed by atoms with Crippen molar-refractivity contribution in [2.75, 3.05) is 40.9 Å². The summed E-state index contributed by atoms with van der Waals surface area (Å²) in [5, 5.41) is 8.30. The Bertz CT molecular complexity index is 506. The Balaban J connectivity index is 2.66. The van der Waals surface area contributed by atoms with Crippen LogP contribution in [0.15, 0.2) is 18.2 Å². The molecule has 0 saturated carbocycles. The number of benzene rings is 1. The fourth-order valence-corrected chi connectivity index (χ4v) is 1.71. The number of ether oxygens (including phenoxy) is 2. The summed E-state index contributed by atoms with van der Waals surface area (Å²) in [6.07, 6.45) is 0.854. The maximum atomic E-state index is 12.0. The van der Waals surface area contributed by atoms with E-state index in [2.05, 4.69) is 16.0 Å². The van der Waals surface area contributed by atoms with Gasteiger partial charge in [0.2, 0.25) is 0 Å². The van der Waals surface area contributed by atoms with Crippen molar-refractivity contribution >= 4 is 11.8 Å². The van der Waals surface area contributed by atoms with Crippen molar-refractivity contribution in [3.05, 3.63) is 23.8 Å². The molecule has 22 heavy (non-hydrogen) atoms. The van der Waals surface area contributed by atoms with Crippen molar-refractivity contribution in [3.8, 4) is 11.5 Å². The molecular weight excluding hydrogens is 286 g/mol. The van der Waals surface area contributed by atoms with Crippen LogP contribution in [0.5, 0.6) is 11.5 Å². The summed E-state index contributed by atoms with van der Waals surface area (Å²) >= 11 is 0. The highest BCUT2D eigenvalue weighted by Crippen LogP contribution is 2.28. The summed E-state index contributed by atoms with van der Waals surface area (Å²) in [6.45, 7) is 1.33. The summed E-state index contributed by atoms with van der Waals surface area (Å²) in [5.41, 5.74) is 0.480. The SMILES string of the molecule is CNCCCNC(=O)c1ccc(OCC(=O)NC)c(OC)c1. The molecule has 0 atom stereocenters. The fourth-order valence-electron chi connectivity index (χ4n) is 1.71. The lowest BCUT2D eigenvalue weighted by Gasteiger charge is -2.12. The average Bonchev–Trinajstić information content (AvgIpc) is 2.56. The van der Waals surface area contributed by atoms with Crippen molar-refractivity contribution in [1.29, 1.82) is 0 Å². The molecule has 1 rings (SSSR count). The van der Waals surface area contributed by atoms with Crippen LogP contribution in [-0.4, -0.2) is 52.7 Å². The Morgan fingerprint density at radius 3 is 2.55 bits per heavy atom. The summed E-state index contributed by atoms with van der Waals surface area (Å²) in [4.78, 5) is 23.2. The third kappa shape index (κ3) is 5.61. The topological polar surface area (TPSA) is 88.7 Å². The van der Waals surface area contributed by atoms with E-state index in [4.69, 9.17) is 9.47 Å². The minimum absolute atomic E-state index is 0.109. The van der Waals surface area contributed by atoms with Crippen LogP contribution in [-0.2, 0) is 4.79 Å². The molecule has 0 fully saturated rings. The largest absolute Gasteiger partial charge is 0.493 e. The lowest BCUT2D eigenvalue weighted by Crippen LogP contribution is -2.26. The molecule has 0 spiro atoms. The van der Waals surface area contributed by atoms with Gasteiger partial charge in [-0.15, -0.1) is 0 Å². The van der Waals surface area contributed by atoms with E-state index >= 15 is 0 Å². The number of nitrogens with one attached hydrogen (secondary N) is 3. The van der Waals surface area contributed by atoms with Gasteiger partial charge in [0.1, 0.15) is 0 Å². The third-order valence-electron chi connectivity index (χ3n) is 2.95. The van der Waals surface area contributed by atoms with Gasteiger partial charge in [0.15, 0.2) is 18.1 Å². The monoisotopic (exact) mass is 309 g/mol. The third-order valence-corrected chi connectivity index (χ3v) is 2.95. The molecule has 1 aromatic rings. The molecule has 0 saturated heterocycles. The molecule has 0 aliphatic carbocycles. The molecule has 0 heterocycles. The van der Waals surface area contributed by atoms with Crippen LogP contribution in [0, 0.1) is 0 Å². The van der Waals surface area contributed by atoms with E-state index in [1.54, 1.807) is 18.2 Å². The summed E-state index contributed by atoms with van der Waals surface area (Å²) in [5.74, 6) is 0.408. The second-order valence-electron chi connectivity index (χ2n) is 4.54. The summed E-state index contributed by atoms with van der Waals surface area (Å²) in [7, 11) is 4.88. The van der Waals surface area contributed by atoms with Crippen LogP contribution in [0.4, 0.5) is 0 Å². The van der Waals surface area contributed by atoms with Crippen LogP contribution < -0.4 is 25.4 Å². The fraction of sp³-hybridized carbons (Fsp3) is 0.467. The molecule has 0 unspecified atom stereocenters. The van der Waals surface area contributed by atoms with Crippen LogP contribution in [0.25, 0.3) is 0 Å². The number of amides is 2. The highest BCUT2D eigenvalue weighted by molar-refractivity contribution is 5.94. The summed E-state index contributed by atoms with van der Waals surface area (Å²) < 4.78 is 10.5. The molecular formula is C15H23N3O4. The van der Waals surface area contributed by atoms with Crippen molar-refractivity contribution in [1.82, 2.24) is 16.0 Å². The Morgan fingerprint density at radius 2 is 1.91 bits per heavy atom. The first-order valence-electron chi connectivity index (χ1n) is 7.06. The lowest BCUT2D eigenvalue weighted by atomic mass is 10.2. The molecule has 1 aromatic carbocycles. The Hall–Kier alpha value is -2.28. The van der Waals surface area contributed by atoms with Gasteiger partial charge >= 0.3 is 0 Å². The molecule has 2 amide bonds. The molecule has 7 nitrogen and oxygen atoms in total. The number of hydrogen-bond donors (Lipinski definition) is 3. The summed E-state index contributed by atoms with van der Waals surface area (Å²) in [6, 6.07) is 4.84. The molecule has 7 heteroatoms. The number of likely N-dealkylation sites (N-methyl/N-ethyl adjacent to an activating group) is 1. The minimum Gasteiger partial charge on any atom is -0.493 e. The maximum absolute atomic E-state index is 12.0. The zero-order chi connectivity index (χ0) is 16.4. The van der Waals surface area contributed by atoms with E-state index in [9.17, 15) is 9.59 Å². The van der Waals surface area contributed by atoms with Crippen molar-refractivity contribution < 1.29 is 19.1 Å². The Morgan fingerprint density at radius 1 is 1.14 bits per heavy atom. The maximum Gasteiger partial charge on any atom is 0.257 e. The van der Waals surface area contributed by atoms with Gasteiger partial charge in [-0.3, -0.25) is 9.59 Å². The first-order valence-corrected chi connectivity index (χ1v) is 7.06. The standard InChI is InChI=1S/C15H23N3O4/c1-16-7-4-8-18-15(20)11-5-6-12(13(9-11)21-3)22-10-14(19)17-2/h5-6,9,16H,4,7-8,10H2,1-3H3,(H,17,19)(H,18,20). The predicted octanol–water partition coefficient (Wildman–Crippen LogP) is 0.159. The Kier molecular flexibility index (Phi) is 7.77. The van der Waals surface area contributed by atoms with Crippen LogP contribution in [0.1, 0.15) is 16.8 Å². The second kappa shape index (κ2) is 9.62. The van der Waals surface area contributed by atoms with E-state index in [1.165, 1.54) is 14.2 Å². The first kappa shape index (κ1) is 17.8. The number of rotatable bonds is 9. The first-order chi connectivity index (χ1) is 10.6. The Labute approximate surface area is 130 Å².